The van der Waals surface area contributed by atoms with E-state index in [1.54, 1.807) is 36.4 Å². The number of nitrogens with zero attached hydrogens (tertiary/aromatic N) is 2. The third kappa shape index (κ3) is 5.37. The quantitative estimate of drug-likeness (QED) is 0.377. The minimum absolute atomic E-state index is 0.112. The maximum Gasteiger partial charge on any atom is 0.257 e. The average molecular weight is 430 g/mol. The van der Waals surface area contributed by atoms with Gasteiger partial charge < -0.3 is 10.6 Å². The maximum absolute atomic E-state index is 12.6. The number of carbonyl (C=O) groups is 2. The van der Waals surface area contributed by atoms with Gasteiger partial charge in [-0.2, -0.15) is 0 Å². The van der Waals surface area contributed by atoms with Crippen LogP contribution in [0.5, 0.6) is 0 Å². The van der Waals surface area contributed by atoms with Gasteiger partial charge in [0.1, 0.15) is 0 Å². The molecule has 0 atom stereocenters. The SMILES string of the molecule is O=C(CSc1n[nH]c(-c2ccccc2)n1)Nc1ccccc1C(=O)Nc1ccccc1. The standard InChI is InChI=1S/C23H19N5O2S/c29-20(15-31-23-26-21(27-28-23)16-9-3-1-4-10-16)25-19-14-8-7-13-18(19)22(30)24-17-11-5-2-6-12-17/h1-14H,15H2,(H,24,30)(H,25,29)(H,26,27,28). The molecule has 4 aromatic rings. The Morgan fingerprint density at radius 2 is 1.52 bits per heavy atom. The summed E-state index contributed by atoms with van der Waals surface area (Å²) in [4.78, 5) is 29.5. The number of anilines is 2. The molecule has 8 heteroatoms. The second-order valence-corrected chi connectivity index (χ2v) is 7.48. The number of hydrogen-bond donors (Lipinski definition) is 3. The van der Waals surface area contributed by atoms with Gasteiger partial charge in [-0.05, 0) is 24.3 Å². The van der Waals surface area contributed by atoms with Crippen molar-refractivity contribution in [2.24, 2.45) is 0 Å². The number of thioether (sulfide) groups is 1. The lowest BCUT2D eigenvalue weighted by Crippen LogP contribution is -2.19. The molecule has 1 heterocycles. The van der Waals surface area contributed by atoms with Crippen molar-refractivity contribution < 1.29 is 9.59 Å². The Labute approximate surface area is 183 Å². The third-order valence-corrected chi connectivity index (χ3v) is 5.17. The molecular weight excluding hydrogens is 410 g/mol. The van der Waals surface area contributed by atoms with Gasteiger partial charge in [0, 0.05) is 11.3 Å². The first-order valence-corrected chi connectivity index (χ1v) is 10.5. The van der Waals surface area contributed by atoms with Gasteiger partial charge >= 0.3 is 0 Å². The largest absolute Gasteiger partial charge is 0.325 e. The number of rotatable bonds is 7. The van der Waals surface area contributed by atoms with Crippen LogP contribution in [-0.4, -0.2) is 32.7 Å². The van der Waals surface area contributed by atoms with Crippen molar-refractivity contribution in [3.05, 3.63) is 90.5 Å². The summed E-state index contributed by atoms with van der Waals surface area (Å²) in [5.41, 5.74) is 2.43. The van der Waals surface area contributed by atoms with Crippen LogP contribution in [-0.2, 0) is 4.79 Å². The monoisotopic (exact) mass is 429 g/mol. The Balaban J connectivity index is 1.37. The Morgan fingerprint density at radius 3 is 2.29 bits per heavy atom. The summed E-state index contributed by atoms with van der Waals surface area (Å²) in [5.74, 6) is 0.208. The molecule has 0 saturated carbocycles. The van der Waals surface area contributed by atoms with Crippen LogP contribution in [0, 0.1) is 0 Å². The molecule has 31 heavy (non-hydrogen) atoms. The highest BCUT2D eigenvalue weighted by Crippen LogP contribution is 2.21. The Kier molecular flexibility index (Phi) is 6.39. The lowest BCUT2D eigenvalue weighted by atomic mass is 10.1. The molecule has 7 nitrogen and oxygen atoms in total. The van der Waals surface area contributed by atoms with E-state index in [1.165, 1.54) is 11.8 Å². The molecule has 0 radical (unpaired) electrons. The van der Waals surface area contributed by atoms with Crippen LogP contribution in [0.2, 0.25) is 0 Å². The Hall–Kier alpha value is -3.91. The normalized spacial score (nSPS) is 10.5. The second kappa shape index (κ2) is 9.73. The Bertz CT molecular complexity index is 1180. The van der Waals surface area contributed by atoms with Crippen molar-refractivity contribution in [3.63, 3.8) is 0 Å². The first kappa shape index (κ1) is 20.4. The number of carbonyl (C=O) groups excluding carboxylic acids is 2. The van der Waals surface area contributed by atoms with E-state index in [-0.39, 0.29) is 17.6 Å². The van der Waals surface area contributed by atoms with Gasteiger partial charge in [0.25, 0.3) is 5.91 Å². The van der Waals surface area contributed by atoms with Crippen LogP contribution in [0.15, 0.2) is 90.1 Å². The van der Waals surface area contributed by atoms with Crippen molar-refractivity contribution in [2.75, 3.05) is 16.4 Å². The van der Waals surface area contributed by atoms with Crippen molar-refractivity contribution >= 4 is 35.0 Å². The molecule has 3 aromatic carbocycles. The molecule has 3 N–H and O–H groups in total. The summed E-state index contributed by atoms with van der Waals surface area (Å²) in [6, 6.07) is 25.7. The van der Waals surface area contributed by atoms with Crippen molar-refractivity contribution in [2.45, 2.75) is 5.16 Å². The maximum atomic E-state index is 12.6. The van der Waals surface area contributed by atoms with E-state index in [9.17, 15) is 9.59 Å². The second-order valence-electron chi connectivity index (χ2n) is 6.54. The molecule has 0 bridgehead atoms. The van der Waals surface area contributed by atoms with Crippen molar-refractivity contribution in [1.82, 2.24) is 15.2 Å². The smallest absolute Gasteiger partial charge is 0.257 e. The highest BCUT2D eigenvalue weighted by Gasteiger charge is 2.14. The molecule has 0 aliphatic heterocycles. The first-order chi connectivity index (χ1) is 15.2. The van der Waals surface area contributed by atoms with E-state index in [2.05, 4.69) is 25.8 Å². The van der Waals surface area contributed by atoms with E-state index < -0.39 is 0 Å². The molecule has 0 spiro atoms. The summed E-state index contributed by atoms with van der Waals surface area (Å²) in [6.45, 7) is 0. The number of para-hydroxylation sites is 2. The van der Waals surface area contributed by atoms with Gasteiger partial charge in [-0.1, -0.05) is 72.4 Å². The van der Waals surface area contributed by atoms with Crippen LogP contribution in [0.3, 0.4) is 0 Å². The van der Waals surface area contributed by atoms with E-state index in [4.69, 9.17) is 0 Å². The van der Waals surface area contributed by atoms with Crippen LogP contribution in [0.1, 0.15) is 10.4 Å². The summed E-state index contributed by atoms with van der Waals surface area (Å²) >= 11 is 1.21. The van der Waals surface area contributed by atoms with Crippen molar-refractivity contribution in [3.8, 4) is 11.4 Å². The fourth-order valence-electron chi connectivity index (χ4n) is 2.86. The molecular formula is C23H19N5O2S. The number of benzene rings is 3. The minimum atomic E-state index is -0.295. The number of nitrogens with one attached hydrogen (secondary N) is 3. The zero-order valence-corrected chi connectivity index (χ0v) is 17.2. The highest BCUT2D eigenvalue weighted by atomic mass is 32.2. The number of amides is 2. The predicted octanol–water partition coefficient (Wildman–Crippen LogP) is 4.45. The summed E-state index contributed by atoms with van der Waals surface area (Å²) in [5, 5.41) is 13.1. The van der Waals surface area contributed by atoms with Crippen LogP contribution >= 0.6 is 11.8 Å². The summed E-state index contributed by atoms with van der Waals surface area (Å²) in [6.07, 6.45) is 0. The summed E-state index contributed by atoms with van der Waals surface area (Å²) < 4.78 is 0. The topological polar surface area (TPSA) is 99.8 Å². The zero-order chi connectivity index (χ0) is 21.5. The van der Waals surface area contributed by atoms with Crippen molar-refractivity contribution in [1.29, 1.82) is 0 Å². The molecule has 0 aliphatic rings. The molecule has 0 fully saturated rings. The van der Waals surface area contributed by atoms with E-state index in [0.717, 1.165) is 5.56 Å². The molecule has 0 aliphatic carbocycles. The lowest BCUT2D eigenvalue weighted by molar-refractivity contribution is -0.113. The van der Waals surface area contributed by atoms with Gasteiger partial charge in [0.15, 0.2) is 5.82 Å². The van der Waals surface area contributed by atoms with Crippen LogP contribution in [0.4, 0.5) is 11.4 Å². The van der Waals surface area contributed by atoms with Gasteiger partial charge in [-0.3, -0.25) is 14.7 Å². The number of hydrogen-bond acceptors (Lipinski definition) is 5. The van der Waals surface area contributed by atoms with Gasteiger partial charge in [-0.25, -0.2) is 4.98 Å². The fraction of sp³-hybridized carbons (Fsp3) is 0.0435. The molecule has 1 aromatic heterocycles. The van der Waals surface area contributed by atoms with Crippen LogP contribution in [0.25, 0.3) is 11.4 Å². The van der Waals surface area contributed by atoms with Gasteiger partial charge in [0.2, 0.25) is 11.1 Å². The highest BCUT2D eigenvalue weighted by molar-refractivity contribution is 7.99. The number of aromatic amines is 1. The van der Waals surface area contributed by atoms with E-state index in [0.29, 0.717) is 27.9 Å². The molecule has 2 amide bonds. The first-order valence-electron chi connectivity index (χ1n) is 9.55. The molecule has 4 rings (SSSR count). The summed E-state index contributed by atoms with van der Waals surface area (Å²) in [7, 11) is 0. The van der Waals surface area contributed by atoms with Crippen LogP contribution < -0.4 is 10.6 Å². The van der Waals surface area contributed by atoms with E-state index in [1.807, 2.05) is 48.5 Å². The average Bonchev–Trinajstić information content (AvgIpc) is 3.28. The number of aromatic nitrogens is 3. The van der Waals surface area contributed by atoms with Gasteiger partial charge in [-0.15, -0.1) is 5.10 Å². The molecule has 154 valence electrons. The predicted molar refractivity (Wildman–Crippen MR) is 122 cm³/mol. The minimum Gasteiger partial charge on any atom is -0.325 e. The zero-order valence-electron chi connectivity index (χ0n) is 16.4. The molecule has 0 saturated heterocycles. The fourth-order valence-corrected chi connectivity index (χ4v) is 3.46. The number of H-pyrrole nitrogens is 1. The van der Waals surface area contributed by atoms with E-state index >= 15 is 0 Å². The van der Waals surface area contributed by atoms with Gasteiger partial charge in [0.05, 0.1) is 17.0 Å². The Morgan fingerprint density at radius 1 is 0.839 bits per heavy atom. The molecule has 0 unspecified atom stereocenters. The third-order valence-electron chi connectivity index (χ3n) is 4.32. The lowest BCUT2D eigenvalue weighted by Gasteiger charge is -2.11.